The minimum atomic E-state index is -0.133. The van der Waals surface area contributed by atoms with E-state index >= 15 is 0 Å². The number of hydrogen-bond acceptors (Lipinski definition) is 10. The number of benzene rings is 4. The molecule has 2 aliphatic carbocycles. The molecular weight excluding hydrogens is 865 g/mol. The Bertz CT molecular complexity index is 3290. The first-order valence-electron chi connectivity index (χ1n) is 23.4. The number of nitrogens with zero attached hydrogens (tertiary/aromatic N) is 8. The quantitative estimate of drug-likeness (QED) is 0.105. The number of nitrogens with two attached hydrogens (primary N) is 2. The van der Waals surface area contributed by atoms with Gasteiger partial charge in [0, 0.05) is 48.0 Å². The molecular formula is C55H50N10O4. The molecule has 6 atom stereocenters. The number of rotatable bonds is 9. The lowest BCUT2D eigenvalue weighted by Crippen LogP contribution is -2.40. The van der Waals surface area contributed by atoms with Crippen molar-refractivity contribution >= 4 is 34.5 Å². The summed E-state index contributed by atoms with van der Waals surface area (Å²) in [5.41, 5.74) is 17.5. The van der Waals surface area contributed by atoms with Crippen molar-refractivity contribution in [3.63, 3.8) is 0 Å². The number of imidazole rings is 2. The Hall–Kier alpha value is -8.44. The minimum Gasteiger partial charge on any atom is -0.457 e. The van der Waals surface area contributed by atoms with Gasteiger partial charge < -0.3 is 30.7 Å². The van der Waals surface area contributed by atoms with E-state index in [0.717, 1.165) is 107 Å². The number of hydrogen-bond donors (Lipinski definition) is 2. The molecule has 12 rings (SSSR count). The predicted octanol–water partition coefficient (Wildman–Crippen LogP) is 9.85. The molecule has 4 aromatic carbocycles. The number of nitrogen functional groups attached to an aromatic ring is 2. The smallest absolute Gasteiger partial charge is 0.299 e. The summed E-state index contributed by atoms with van der Waals surface area (Å²) in [5.74, 6) is 11.5. The van der Waals surface area contributed by atoms with Gasteiger partial charge in [0.2, 0.25) is 5.91 Å². The Morgan fingerprint density at radius 3 is 1.51 bits per heavy atom. The first-order valence-corrected chi connectivity index (χ1v) is 23.4. The molecule has 14 nitrogen and oxygen atoms in total. The molecule has 2 saturated heterocycles. The van der Waals surface area contributed by atoms with E-state index in [4.69, 9.17) is 30.9 Å². The zero-order chi connectivity index (χ0) is 47.2. The molecule has 6 heterocycles. The number of para-hydroxylation sites is 2. The highest BCUT2D eigenvalue weighted by Gasteiger charge is 2.51. The van der Waals surface area contributed by atoms with Crippen molar-refractivity contribution in [2.24, 2.45) is 11.8 Å². The highest BCUT2D eigenvalue weighted by atomic mass is 16.5. The van der Waals surface area contributed by atoms with Crippen LogP contribution < -0.4 is 20.9 Å². The average molecular weight is 915 g/mol. The molecule has 4 bridgehead atoms. The third kappa shape index (κ3) is 7.85. The standard InChI is InChI=1S/C28H25N5O2.C27H25N5O2/c1-2-6-23(34)33-20-12-9-19(17-20)25(33)28-31-24(26-27(29)30-15-16-32(26)28)18-10-13-22(14-11-18)35-21-7-4-3-5-8-21;1-2-22(33)32-19-11-8-18(16-19)24(32)27-30-23(25-26(28)29-14-15-31(25)27)17-9-12-21(13-10-17)34-20-6-4-3-5-7-20/h3-5,7-8,10-11,13-16,19-20,25H,9,12,17H2,1H3,(H2,29,30);2-7,9-10,12-15,18-19,24H,1,8,11,16H2,(H2,28,29)/t19-,20+,25?;18-,19?,24?/m00/s1. The third-order valence-corrected chi connectivity index (χ3v) is 14.0. The largest absolute Gasteiger partial charge is 0.457 e. The number of aromatic nitrogens is 6. The molecule has 0 radical (unpaired) electrons. The second-order valence-electron chi connectivity index (χ2n) is 18.0. The van der Waals surface area contributed by atoms with Crippen molar-refractivity contribution in [2.45, 2.75) is 69.6 Å². The number of ether oxygens (including phenoxy) is 2. The number of carbonyl (C=O) groups is 2. The van der Waals surface area contributed by atoms with Gasteiger partial charge in [0.15, 0.2) is 0 Å². The van der Waals surface area contributed by atoms with Crippen LogP contribution >= 0.6 is 0 Å². The zero-order valence-corrected chi connectivity index (χ0v) is 38.1. The number of piperidine rings is 2. The normalized spacial score (nSPS) is 20.9. The summed E-state index contributed by atoms with van der Waals surface area (Å²) < 4.78 is 15.9. The van der Waals surface area contributed by atoms with E-state index in [1.54, 1.807) is 19.3 Å². The number of anilines is 2. The lowest BCUT2D eigenvalue weighted by Gasteiger charge is -2.33. The van der Waals surface area contributed by atoms with Gasteiger partial charge in [-0.2, -0.15) is 0 Å². The van der Waals surface area contributed by atoms with Crippen LogP contribution in [0, 0.1) is 23.7 Å². The Morgan fingerprint density at radius 1 is 0.623 bits per heavy atom. The van der Waals surface area contributed by atoms with Crippen molar-refractivity contribution < 1.29 is 19.1 Å². The zero-order valence-electron chi connectivity index (χ0n) is 38.1. The lowest BCUT2D eigenvalue weighted by molar-refractivity contribution is -0.131. The molecule has 4 fully saturated rings. The molecule has 3 unspecified atom stereocenters. The van der Waals surface area contributed by atoms with E-state index in [1.165, 1.54) is 6.08 Å². The molecule has 2 aliphatic heterocycles. The second-order valence-corrected chi connectivity index (χ2v) is 18.0. The van der Waals surface area contributed by atoms with Crippen LogP contribution in [0.15, 0.2) is 147 Å². The Kier molecular flexibility index (Phi) is 11.2. The molecule has 69 heavy (non-hydrogen) atoms. The molecule has 344 valence electrons. The van der Waals surface area contributed by atoms with Gasteiger partial charge in [0.25, 0.3) is 5.91 Å². The van der Waals surface area contributed by atoms with Gasteiger partial charge >= 0.3 is 0 Å². The summed E-state index contributed by atoms with van der Waals surface area (Å²) >= 11 is 0. The molecule has 2 saturated carbocycles. The van der Waals surface area contributed by atoms with Crippen LogP contribution in [0.5, 0.6) is 23.0 Å². The Balaban J connectivity index is 0.000000151. The molecule has 4 aromatic heterocycles. The summed E-state index contributed by atoms with van der Waals surface area (Å²) in [6.07, 6.45) is 14.7. The second kappa shape index (κ2) is 18.0. The van der Waals surface area contributed by atoms with Crippen molar-refractivity contribution in [1.29, 1.82) is 0 Å². The van der Waals surface area contributed by atoms with Crippen LogP contribution in [-0.2, 0) is 9.59 Å². The van der Waals surface area contributed by atoms with Crippen LogP contribution in [0.4, 0.5) is 11.6 Å². The maximum absolute atomic E-state index is 13.0. The molecule has 14 heteroatoms. The van der Waals surface area contributed by atoms with Crippen molar-refractivity contribution in [3.05, 3.63) is 158 Å². The maximum Gasteiger partial charge on any atom is 0.299 e. The summed E-state index contributed by atoms with van der Waals surface area (Å²) in [7, 11) is 0. The van der Waals surface area contributed by atoms with E-state index in [-0.39, 0.29) is 36.0 Å². The fraction of sp³-hybridized carbons (Fsp3) is 0.236. The van der Waals surface area contributed by atoms with Gasteiger partial charge in [0.05, 0.1) is 12.1 Å². The van der Waals surface area contributed by atoms with Crippen molar-refractivity contribution in [3.8, 4) is 57.4 Å². The van der Waals surface area contributed by atoms with E-state index < -0.39 is 0 Å². The molecule has 4 N–H and O–H groups in total. The van der Waals surface area contributed by atoms with Gasteiger partial charge in [0.1, 0.15) is 68.7 Å². The van der Waals surface area contributed by atoms with E-state index in [9.17, 15) is 9.59 Å². The average Bonchev–Trinajstić information content (AvgIpc) is 4.26. The fourth-order valence-electron chi connectivity index (χ4n) is 11.1. The first kappa shape index (κ1) is 43.1. The topological polar surface area (TPSA) is 171 Å². The highest BCUT2D eigenvalue weighted by Crippen LogP contribution is 2.52. The van der Waals surface area contributed by atoms with Crippen molar-refractivity contribution in [1.82, 2.24) is 38.5 Å². The van der Waals surface area contributed by atoms with Gasteiger partial charge in [-0.25, -0.2) is 19.9 Å². The maximum atomic E-state index is 13.0. The highest BCUT2D eigenvalue weighted by molar-refractivity contribution is 5.94. The van der Waals surface area contributed by atoms with Crippen LogP contribution in [0.3, 0.4) is 0 Å². The third-order valence-electron chi connectivity index (χ3n) is 14.0. The van der Waals surface area contributed by atoms with E-state index in [2.05, 4.69) is 28.4 Å². The number of likely N-dealkylation sites (tertiary alicyclic amines) is 2. The Labute approximate surface area is 399 Å². The van der Waals surface area contributed by atoms with Gasteiger partial charge in [-0.05, 0) is 142 Å². The SMILES string of the molecule is C=CC(=O)N1C2CC[C@@H](C2)C1c1nc(-c2ccc(Oc3ccccc3)cc2)c2c(N)nccn12.CC#CC(=O)N1C(c2nc(-c3ccc(Oc4ccccc4)cc3)c3c(N)nccn23)[C@H]2CC[C@@H]1C2. The molecule has 8 aromatic rings. The first-order chi connectivity index (χ1) is 33.8. The Morgan fingerprint density at radius 2 is 1.06 bits per heavy atom. The molecule has 0 spiro atoms. The fourth-order valence-corrected chi connectivity index (χ4v) is 11.1. The predicted molar refractivity (Wildman–Crippen MR) is 264 cm³/mol. The van der Waals surface area contributed by atoms with Crippen LogP contribution in [-0.4, -0.2) is 62.4 Å². The van der Waals surface area contributed by atoms with Crippen LogP contribution in [0.2, 0.25) is 0 Å². The monoisotopic (exact) mass is 914 g/mol. The minimum absolute atomic E-state index is 0.0417. The van der Waals surface area contributed by atoms with Crippen LogP contribution in [0.25, 0.3) is 33.5 Å². The molecule has 2 amide bonds. The molecule has 4 aliphatic rings. The van der Waals surface area contributed by atoms with Crippen LogP contribution in [0.1, 0.15) is 69.2 Å². The van der Waals surface area contributed by atoms with E-state index in [0.29, 0.717) is 23.5 Å². The lowest BCUT2D eigenvalue weighted by atomic mass is 9.97. The van der Waals surface area contributed by atoms with E-state index in [1.807, 2.05) is 140 Å². The van der Waals surface area contributed by atoms with Gasteiger partial charge in [-0.15, -0.1) is 0 Å². The van der Waals surface area contributed by atoms with Crippen molar-refractivity contribution in [2.75, 3.05) is 11.5 Å². The van der Waals surface area contributed by atoms with Gasteiger partial charge in [-0.1, -0.05) is 48.9 Å². The number of amides is 2. The summed E-state index contributed by atoms with van der Waals surface area (Å²) in [6, 6.07) is 35.1. The van der Waals surface area contributed by atoms with Gasteiger partial charge in [-0.3, -0.25) is 18.4 Å². The number of carbonyl (C=O) groups excluding carboxylic acids is 2. The summed E-state index contributed by atoms with van der Waals surface area (Å²) in [4.78, 5) is 48.4. The number of fused-ring (bicyclic) bond motifs is 6. The summed E-state index contributed by atoms with van der Waals surface area (Å²) in [6.45, 7) is 5.42. The summed E-state index contributed by atoms with van der Waals surface area (Å²) in [5, 5.41) is 0.